The third kappa shape index (κ3) is 5.88. The Morgan fingerprint density at radius 1 is 1.12 bits per heavy atom. The zero-order chi connectivity index (χ0) is 18.1. The van der Waals surface area contributed by atoms with Crippen LogP contribution in [0.25, 0.3) is 0 Å². The molecule has 0 fully saturated rings. The van der Waals surface area contributed by atoms with Crippen molar-refractivity contribution in [3.05, 3.63) is 58.4 Å². The van der Waals surface area contributed by atoms with E-state index in [0.29, 0.717) is 23.1 Å². The van der Waals surface area contributed by atoms with Crippen molar-refractivity contribution in [3.8, 4) is 11.5 Å². The highest BCUT2D eigenvalue weighted by Gasteiger charge is 2.12. The van der Waals surface area contributed by atoms with Crippen LogP contribution in [-0.4, -0.2) is 27.2 Å². The molecule has 2 aromatic carbocycles. The fourth-order valence-electron chi connectivity index (χ4n) is 2.43. The van der Waals surface area contributed by atoms with Crippen LogP contribution in [0.1, 0.15) is 17.5 Å². The van der Waals surface area contributed by atoms with Gasteiger partial charge in [-0.15, -0.1) is 0 Å². The second-order valence-corrected chi connectivity index (χ2v) is 6.01. The molecule has 0 amide bonds. The number of halogens is 2. The van der Waals surface area contributed by atoms with Gasteiger partial charge in [0.05, 0.1) is 12.1 Å². The summed E-state index contributed by atoms with van der Waals surface area (Å²) in [7, 11) is 3.55. The number of para-hydroxylation sites is 1. The van der Waals surface area contributed by atoms with Crippen molar-refractivity contribution >= 4 is 11.6 Å². The molecule has 2 rings (SSSR count). The van der Waals surface area contributed by atoms with Gasteiger partial charge in [-0.05, 0) is 44.8 Å². The third-order valence-corrected chi connectivity index (χ3v) is 4.12. The van der Waals surface area contributed by atoms with E-state index in [1.165, 1.54) is 12.1 Å². The molecule has 0 aliphatic rings. The normalized spacial score (nSPS) is 10.7. The lowest BCUT2D eigenvalue weighted by Crippen LogP contribution is -2.19. The zero-order valence-corrected chi connectivity index (χ0v) is 15.3. The van der Waals surface area contributed by atoms with Crippen molar-refractivity contribution in [3.63, 3.8) is 0 Å². The number of rotatable bonds is 10. The maximum atomic E-state index is 13.2. The van der Waals surface area contributed by atoms with Crippen LogP contribution in [0, 0.1) is 5.82 Å². The SMILES string of the molecule is CNCCCNCc1cccc(OC)c1OCc1ccc(F)cc1Cl. The first-order chi connectivity index (χ1) is 12.2. The van der Waals surface area contributed by atoms with Gasteiger partial charge in [0, 0.05) is 17.7 Å². The highest BCUT2D eigenvalue weighted by molar-refractivity contribution is 6.31. The van der Waals surface area contributed by atoms with Gasteiger partial charge in [0.1, 0.15) is 12.4 Å². The van der Waals surface area contributed by atoms with E-state index in [9.17, 15) is 4.39 Å². The summed E-state index contributed by atoms with van der Waals surface area (Å²) in [4.78, 5) is 0. The first kappa shape index (κ1) is 19.5. The van der Waals surface area contributed by atoms with E-state index in [4.69, 9.17) is 21.1 Å². The Kier molecular flexibility index (Phi) is 7.98. The average Bonchev–Trinajstić information content (AvgIpc) is 2.61. The third-order valence-electron chi connectivity index (χ3n) is 3.76. The Bertz CT molecular complexity index is 682. The van der Waals surface area contributed by atoms with Gasteiger partial charge in [-0.2, -0.15) is 0 Å². The van der Waals surface area contributed by atoms with Crippen molar-refractivity contribution in [2.24, 2.45) is 0 Å². The average molecular weight is 367 g/mol. The van der Waals surface area contributed by atoms with Crippen LogP contribution in [0.4, 0.5) is 4.39 Å². The summed E-state index contributed by atoms with van der Waals surface area (Å²) in [6.07, 6.45) is 1.04. The summed E-state index contributed by atoms with van der Waals surface area (Å²) >= 11 is 6.07. The van der Waals surface area contributed by atoms with Gasteiger partial charge in [0.2, 0.25) is 0 Å². The number of methoxy groups -OCH3 is 1. The Balaban J connectivity index is 2.06. The maximum Gasteiger partial charge on any atom is 0.166 e. The van der Waals surface area contributed by atoms with Crippen LogP contribution >= 0.6 is 11.6 Å². The van der Waals surface area contributed by atoms with E-state index in [-0.39, 0.29) is 12.4 Å². The second kappa shape index (κ2) is 10.2. The number of ether oxygens (including phenoxy) is 2. The lowest BCUT2D eigenvalue weighted by molar-refractivity contribution is 0.280. The molecule has 0 heterocycles. The molecule has 0 aliphatic heterocycles. The van der Waals surface area contributed by atoms with Gasteiger partial charge in [0.15, 0.2) is 11.5 Å². The molecule has 0 saturated heterocycles. The monoisotopic (exact) mass is 366 g/mol. The molecule has 0 unspecified atom stereocenters. The van der Waals surface area contributed by atoms with Crippen molar-refractivity contribution in [2.45, 2.75) is 19.6 Å². The van der Waals surface area contributed by atoms with E-state index >= 15 is 0 Å². The van der Waals surface area contributed by atoms with Crippen molar-refractivity contribution < 1.29 is 13.9 Å². The number of hydrogen-bond donors (Lipinski definition) is 2. The molecule has 0 aromatic heterocycles. The van der Waals surface area contributed by atoms with Gasteiger partial charge in [-0.3, -0.25) is 0 Å². The summed E-state index contributed by atoms with van der Waals surface area (Å²) in [5, 5.41) is 6.86. The fourth-order valence-corrected chi connectivity index (χ4v) is 2.65. The van der Waals surface area contributed by atoms with Crippen molar-refractivity contribution in [1.29, 1.82) is 0 Å². The van der Waals surface area contributed by atoms with E-state index < -0.39 is 0 Å². The Labute approximate surface area is 153 Å². The van der Waals surface area contributed by atoms with Crippen LogP contribution in [0.15, 0.2) is 36.4 Å². The van der Waals surface area contributed by atoms with E-state index in [2.05, 4.69) is 10.6 Å². The molecular weight excluding hydrogens is 343 g/mol. The first-order valence-electron chi connectivity index (χ1n) is 8.23. The van der Waals surface area contributed by atoms with Crippen LogP contribution in [0.2, 0.25) is 5.02 Å². The fraction of sp³-hybridized carbons (Fsp3) is 0.368. The molecule has 0 bridgehead atoms. The van der Waals surface area contributed by atoms with Crippen LogP contribution in [-0.2, 0) is 13.2 Å². The predicted molar refractivity (Wildman–Crippen MR) is 99.0 cm³/mol. The van der Waals surface area contributed by atoms with E-state index in [1.54, 1.807) is 13.2 Å². The maximum absolute atomic E-state index is 13.2. The number of nitrogens with one attached hydrogen (secondary N) is 2. The molecule has 0 spiro atoms. The van der Waals surface area contributed by atoms with Gasteiger partial charge in [0.25, 0.3) is 0 Å². The van der Waals surface area contributed by atoms with Gasteiger partial charge in [-0.1, -0.05) is 29.8 Å². The second-order valence-electron chi connectivity index (χ2n) is 5.61. The van der Waals surface area contributed by atoms with Gasteiger partial charge < -0.3 is 20.1 Å². The molecular formula is C19H24ClFN2O2. The highest BCUT2D eigenvalue weighted by atomic mass is 35.5. The lowest BCUT2D eigenvalue weighted by atomic mass is 10.1. The van der Waals surface area contributed by atoms with Crippen LogP contribution in [0.3, 0.4) is 0 Å². The van der Waals surface area contributed by atoms with Crippen LogP contribution in [0.5, 0.6) is 11.5 Å². The zero-order valence-electron chi connectivity index (χ0n) is 14.6. The molecule has 0 aliphatic carbocycles. The Morgan fingerprint density at radius 3 is 2.68 bits per heavy atom. The minimum atomic E-state index is -0.363. The summed E-state index contributed by atoms with van der Waals surface area (Å²) in [6.45, 7) is 2.79. The summed E-state index contributed by atoms with van der Waals surface area (Å²) in [5.41, 5.74) is 1.73. The largest absolute Gasteiger partial charge is 0.493 e. The smallest absolute Gasteiger partial charge is 0.166 e. The molecule has 25 heavy (non-hydrogen) atoms. The minimum Gasteiger partial charge on any atom is -0.493 e. The number of hydrogen-bond acceptors (Lipinski definition) is 4. The highest BCUT2D eigenvalue weighted by Crippen LogP contribution is 2.32. The van der Waals surface area contributed by atoms with Crippen LogP contribution < -0.4 is 20.1 Å². The summed E-state index contributed by atoms with van der Waals surface area (Å²) < 4.78 is 24.5. The summed E-state index contributed by atoms with van der Waals surface area (Å²) in [5.74, 6) is 0.969. The molecule has 2 N–H and O–H groups in total. The molecule has 4 nitrogen and oxygen atoms in total. The minimum absolute atomic E-state index is 0.242. The topological polar surface area (TPSA) is 42.5 Å². The quantitative estimate of drug-likeness (QED) is 0.628. The molecule has 136 valence electrons. The molecule has 0 saturated carbocycles. The van der Waals surface area contributed by atoms with E-state index in [1.807, 2.05) is 25.2 Å². The first-order valence-corrected chi connectivity index (χ1v) is 8.61. The molecule has 0 atom stereocenters. The predicted octanol–water partition coefficient (Wildman–Crippen LogP) is 3.77. The van der Waals surface area contributed by atoms with E-state index in [0.717, 1.165) is 30.6 Å². The lowest BCUT2D eigenvalue weighted by Gasteiger charge is -2.16. The molecule has 0 radical (unpaired) electrons. The molecule has 6 heteroatoms. The van der Waals surface area contributed by atoms with Crippen molar-refractivity contribution in [1.82, 2.24) is 10.6 Å². The van der Waals surface area contributed by atoms with Crippen molar-refractivity contribution in [2.75, 3.05) is 27.2 Å². The Hall–Kier alpha value is -1.82. The standard InChI is InChI=1S/C19H24ClFN2O2/c1-22-9-4-10-23-12-14-5-3-6-18(24-2)19(14)25-13-15-7-8-16(21)11-17(15)20/h3,5-8,11,22-23H,4,9-10,12-13H2,1-2H3. The van der Waals surface area contributed by atoms with Gasteiger partial charge in [-0.25, -0.2) is 4.39 Å². The summed E-state index contributed by atoms with van der Waals surface area (Å²) in [6, 6.07) is 10.1. The molecule has 2 aromatic rings. The van der Waals surface area contributed by atoms with Gasteiger partial charge >= 0.3 is 0 Å². The Morgan fingerprint density at radius 2 is 1.96 bits per heavy atom. The number of benzene rings is 2.